The first kappa shape index (κ1) is 19.6. The number of fused-ring (bicyclic) bond motifs is 1. The maximum Gasteiger partial charge on any atom is 0.272 e. The summed E-state index contributed by atoms with van der Waals surface area (Å²) in [4.78, 5) is 12.9. The van der Waals surface area contributed by atoms with Crippen molar-refractivity contribution in [2.45, 2.75) is 69.9 Å². The molecule has 1 atom stereocenters. The summed E-state index contributed by atoms with van der Waals surface area (Å²) < 4.78 is 3.14. The molecule has 6 heteroatoms. The molecule has 1 fully saturated rings. The van der Waals surface area contributed by atoms with Crippen LogP contribution < -0.4 is 5.32 Å². The molecule has 0 bridgehead atoms. The maximum atomic E-state index is 12.9. The first-order valence-corrected chi connectivity index (χ1v) is 11.2. The molecule has 1 aromatic carbocycles. The number of aliphatic hydroxyl groups is 1. The van der Waals surface area contributed by atoms with Gasteiger partial charge in [-0.1, -0.05) is 47.3 Å². The maximum absolute atomic E-state index is 12.9. The second kappa shape index (κ2) is 8.78. The fourth-order valence-corrected chi connectivity index (χ4v) is 4.78. The standard InChI is InChI=1S/C22H28BrN3O2/c23-16-12-10-15(11-13-16)20(27)14-24-22(28)21-18-8-4-5-9-19(18)26(25-21)17-6-2-1-3-7-17/h10-13,17,20,27H,1-9,14H2,(H,24,28). The molecule has 28 heavy (non-hydrogen) atoms. The van der Waals surface area contributed by atoms with E-state index in [4.69, 9.17) is 5.10 Å². The van der Waals surface area contributed by atoms with Gasteiger partial charge in [0.15, 0.2) is 5.69 Å². The minimum atomic E-state index is -0.728. The summed E-state index contributed by atoms with van der Waals surface area (Å²) in [5.74, 6) is -0.163. The van der Waals surface area contributed by atoms with Crippen LogP contribution in [0.3, 0.4) is 0 Å². The van der Waals surface area contributed by atoms with Gasteiger partial charge in [-0.15, -0.1) is 0 Å². The number of halogens is 1. The normalized spacial score (nSPS) is 18.5. The Morgan fingerprint density at radius 2 is 1.86 bits per heavy atom. The van der Waals surface area contributed by atoms with E-state index in [0.717, 1.165) is 47.7 Å². The molecule has 1 heterocycles. The van der Waals surface area contributed by atoms with Crippen molar-refractivity contribution >= 4 is 21.8 Å². The molecule has 5 nitrogen and oxygen atoms in total. The smallest absolute Gasteiger partial charge is 0.272 e. The number of benzene rings is 1. The van der Waals surface area contributed by atoms with Crippen LogP contribution in [0.2, 0.25) is 0 Å². The number of amides is 1. The topological polar surface area (TPSA) is 67.2 Å². The summed E-state index contributed by atoms with van der Waals surface area (Å²) >= 11 is 3.40. The first-order chi connectivity index (χ1) is 13.6. The van der Waals surface area contributed by atoms with Crippen LogP contribution in [0.5, 0.6) is 0 Å². The fourth-order valence-electron chi connectivity index (χ4n) is 4.51. The van der Waals surface area contributed by atoms with Crippen LogP contribution in [-0.4, -0.2) is 27.3 Å². The lowest BCUT2D eigenvalue weighted by Crippen LogP contribution is -2.29. The molecule has 1 amide bonds. The lowest BCUT2D eigenvalue weighted by atomic mass is 9.92. The average molecular weight is 446 g/mol. The van der Waals surface area contributed by atoms with Crippen LogP contribution >= 0.6 is 15.9 Å². The van der Waals surface area contributed by atoms with Crippen LogP contribution in [-0.2, 0) is 12.8 Å². The number of carbonyl (C=O) groups is 1. The molecule has 2 aliphatic carbocycles. The lowest BCUT2D eigenvalue weighted by Gasteiger charge is -2.25. The van der Waals surface area contributed by atoms with Gasteiger partial charge in [0.1, 0.15) is 0 Å². The highest BCUT2D eigenvalue weighted by Crippen LogP contribution is 2.33. The van der Waals surface area contributed by atoms with Crippen molar-refractivity contribution in [2.24, 2.45) is 0 Å². The Morgan fingerprint density at radius 1 is 1.14 bits per heavy atom. The van der Waals surface area contributed by atoms with Gasteiger partial charge < -0.3 is 10.4 Å². The summed E-state index contributed by atoms with van der Waals surface area (Å²) in [6, 6.07) is 7.95. The largest absolute Gasteiger partial charge is 0.387 e. The summed E-state index contributed by atoms with van der Waals surface area (Å²) in [5.41, 5.74) is 3.77. The predicted octanol–water partition coefficient (Wildman–Crippen LogP) is 4.49. The monoisotopic (exact) mass is 445 g/mol. The summed E-state index contributed by atoms with van der Waals surface area (Å²) in [6.07, 6.45) is 9.65. The zero-order valence-electron chi connectivity index (χ0n) is 16.2. The van der Waals surface area contributed by atoms with Crippen molar-refractivity contribution in [3.63, 3.8) is 0 Å². The van der Waals surface area contributed by atoms with Crippen LogP contribution in [0, 0.1) is 0 Å². The highest BCUT2D eigenvalue weighted by atomic mass is 79.9. The van der Waals surface area contributed by atoms with Crippen LogP contribution in [0.1, 0.15) is 84.4 Å². The van der Waals surface area contributed by atoms with Crippen molar-refractivity contribution in [3.05, 3.63) is 51.3 Å². The molecule has 2 N–H and O–H groups in total. The van der Waals surface area contributed by atoms with E-state index in [1.165, 1.54) is 31.4 Å². The molecule has 0 saturated heterocycles. The highest BCUT2D eigenvalue weighted by molar-refractivity contribution is 9.10. The molecular formula is C22H28BrN3O2. The highest BCUT2D eigenvalue weighted by Gasteiger charge is 2.28. The van der Waals surface area contributed by atoms with E-state index in [-0.39, 0.29) is 12.5 Å². The number of nitrogens with zero attached hydrogens (tertiary/aromatic N) is 2. The number of aromatic nitrogens is 2. The Hall–Kier alpha value is -1.66. The van der Waals surface area contributed by atoms with Gasteiger partial charge in [-0.3, -0.25) is 9.48 Å². The van der Waals surface area contributed by atoms with Gasteiger partial charge in [-0.05, 0) is 56.2 Å². The number of hydrogen-bond acceptors (Lipinski definition) is 3. The molecule has 1 unspecified atom stereocenters. The van der Waals surface area contributed by atoms with Crippen LogP contribution in [0.15, 0.2) is 28.7 Å². The van der Waals surface area contributed by atoms with Crippen molar-refractivity contribution in [2.75, 3.05) is 6.54 Å². The van der Waals surface area contributed by atoms with E-state index >= 15 is 0 Å². The van der Waals surface area contributed by atoms with E-state index < -0.39 is 6.10 Å². The second-order valence-corrected chi connectivity index (χ2v) is 8.91. The number of nitrogens with one attached hydrogen (secondary N) is 1. The van der Waals surface area contributed by atoms with Gasteiger partial charge in [-0.25, -0.2) is 0 Å². The van der Waals surface area contributed by atoms with Crippen molar-refractivity contribution in [1.29, 1.82) is 0 Å². The van der Waals surface area contributed by atoms with Crippen molar-refractivity contribution < 1.29 is 9.90 Å². The van der Waals surface area contributed by atoms with E-state index in [1.807, 2.05) is 24.3 Å². The quantitative estimate of drug-likeness (QED) is 0.711. The number of carbonyl (C=O) groups excluding carboxylic acids is 1. The summed E-state index contributed by atoms with van der Waals surface area (Å²) in [5, 5.41) is 18.1. The van der Waals surface area contributed by atoms with Crippen molar-refractivity contribution in [1.82, 2.24) is 15.1 Å². The number of hydrogen-bond donors (Lipinski definition) is 2. The minimum absolute atomic E-state index is 0.163. The van der Waals surface area contributed by atoms with E-state index in [0.29, 0.717) is 11.7 Å². The van der Waals surface area contributed by atoms with E-state index in [2.05, 4.69) is 25.9 Å². The van der Waals surface area contributed by atoms with Crippen molar-refractivity contribution in [3.8, 4) is 0 Å². The molecule has 2 aromatic rings. The van der Waals surface area contributed by atoms with Gasteiger partial charge in [0.05, 0.1) is 12.1 Å². The van der Waals surface area contributed by atoms with E-state index in [1.54, 1.807) is 0 Å². The fraction of sp³-hybridized carbons (Fsp3) is 0.545. The predicted molar refractivity (Wildman–Crippen MR) is 112 cm³/mol. The third-order valence-corrected chi connectivity index (χ3v) is 6.58. The van der Waals surface area contributed by atoms with Gasteiger partial charge in [0.25, 0.3) is 5.91 Å². The first-order valence-electron chi connectivity index (χ1n) is 10.5. The molecule has 0 spiro atoms. The summed E-state index contributed by atoms with van der Waals surface area (Å²) in [6.45, 7) is 0.186. The number of aliphatic hydroxyl groups excluding tert-OH is 1. The second-order valence-electron chi connectivity index (χ2n) is 7.99. The Morgan fingerprint density at radius 3 is 2.61 bits per heavy atom. The van der Waals surface area contributed by atoms with Gasteiger partial charge in [-0.2, -0.15) is 5.10 Å². The average Bonchev–Trinajstić information content (AvgIpc) is 3.13. The number of rotatable bonds is 5. The summed E-state index contributed by atoms with van der Waals surface area (Å²) in [7, 11) is 0. The molecule has 2 aliphatic rings. The molecule has 1 saturated carbocycles. The third kappa shape index (κ3) is 4.18. The van der Waals surface area contributed by atoms with E-state index in [9.17, 15) is 9.90 Å². The molecule has 0 aliphatic heterocycles. The SMILES string of the molecule is O=C(NCC(O)c1ccc(Br)cc1)c1nn(C2CCCCC2)c2c1CCCC2. The Balaban J connectivity index is 1.49. The molecule has 150 valence electrons. The Bertz CT molecular complexity index is 825. The van der Waals surface area contributed by atoms with Gasteiger partial charge in [0.2, 0.25) is 0 Å². The molecule has 1 aromatic heterocycles. The Kier molecular flexibility index (Phi) is 6.16. The molecule has 0 radical (unpaired) electrons. The molecule has 4 rings (SSSR count). The lowest BCUT2D eigenvalue weighted by molar-refractivity contribution is 0.0909. The third-order valence-electron chi connectivity index (χ3n) is 6.06. The van der Waals surface area contributed by atoms with Gasteiger partial charge >= 0.3 is 0 Å². The zero-order chi connectivity index (χ0) is 19.5. The van der Waals surface area contributed by atoms with Gasteiger partial charge in [0, 0.05) is 22.3 Å². The molecular weight excluding hydrogens is 418 g/mol. The Labute approximate surface area is 174 Å². The zero-order valence-corrected chi connectivity index (χ0v) is 17.7. The van der Waals surface area contributed by atoms with Crippen LogP contribution in [0.4, 0.5) is 0 Å². The van der Waals surface area contributed by atoms with Crippen LogP contribution in [0.25, 0.3) is 0 Å². The minimum Gasteiger partial charge on any atom is -0.387 e.